The van der Waals surface area contributed by atoms with Gasteiger partial charge in [-0.1, -0.05) is 78.9 Å². The first-order valence-corrected chi connectivity index (χ1v) is 16.1. The van der Waals surface area contributed by atoms with Crippen LogP contribution in [0.1, 0.15) is 0 Å². The molecule has 0 aliphatic carbocycles. The lowest BCUT2D eigenvalue weighted by molar-refractivity contribution is 1.32. The molecule has 8 rings (SSSR count). The molecule has 0 spiro atoms. The summed E-state index contributed by atoms with van der Waals surface area (Å²) in [7, 11) is 0. The van der Waals surface area contributed by atoms with Crippen molar-refractivity contribution in [3.05, 3.63) is 140 Å². The Hall–Kier alpha value is -4.17. The van der Waals surface area contributed by atoms with Crippen molar-refractivity contribution in [3.63, 3.8) is 0 Å². The van der Waals surface area contributed by atoms with E-state index >= 15 is 0 Å². The molecule has 0 bridgehead atoms. The van der Waals surface area contributed by atoms with E-state index in [1.807, 2.05) is 0 Å². The predicted octanol–water partition coefficient (Wildman–Crippen LogP) is 8.09. The Morgan fingerprint density at radius 2 is 1.18 bits per heavy atom. The molecule has 0 unspecified atom stereocenters. The van der Waals surface area contributed by atoms with Gasteiger partial charge in [0, 0.05) is 28.4 Å². The summed E-state index contributed by atoms with van der Waals surface area (Å²) in [5, 5.41) is 9.86. The average Bonchev–Trinajstić information content (AvgIpc) is 3.41. The zero-order valence-corrected chi connectivity index (χ0v) is 22.9. The number of benzene rings is 6. The van der Waals surface area contributed by atoms with Crippen LogP contribution in [0.25, 0.3) is 49.1 Å². The third kappa shape index (κ3) is 3.31. The van der Waals surface area contributed by atoms with Gasteiger partial charge >= 0.3 is 0 Å². The molecule has 0 aliphatic heterocycles. The maximum absolute atomic E-state index is 5.59. The summed E-state index contributed by atoms with van der Waals surface area (Å²) in [4.78, 5) is 5.12. The Labute approximate surface area is 232 Å². The lowest BCUT2D eigenvalue weighted by Crippen LogP contribution is -2.27. The summed E-state index contributed by atoms with van der Waals surface area (Å²) < 4.78 is 2.33. The summed E-state index contributed by atoms with van der Waals surface area (Å²) in [6.07, 6.45) is 0. The number of imidazole rings is 1. The van der Waals surface area contributed by atoms with Gasteiger partial charge in [0.05, 0.1) is 16.6 Å². The third-order valence-corrected chi connectivity index (χ3v) is 13.0. The van der Waals surface area contributed by atoms with Crippen molar-refractivity contribution in [1.29, 1.82) is 0 Å². The number of hydrogen-bond acceptors (Lipinski definition) is 2. The molecule has 0 atom stereocenters. The fourth-order valence-electron chi connectivity index (χ4n) is 6.05. The minimum Gasteiger partial charge on any atom is -0.292 e. The van der Waals surface area contributed by atoms with E-state index in [1.54, 1.807) is 0 Å². The number of fused-ring (bicyclic) bond motifs is 10. The summed E-state index contributed by atoms with van der Waals surface area (Å²) in [5.41, 5.74) is 4.29. The van der Waals surface area contributed by atoms with E-state index in [4.69, 9.17) is 17.2 Å². The highest BCUT2D eigenvalue weighted by atomic mass is 32.7. The quantitative estimate of drug-likeness (QED) is 0.138. The van der Waals surface area contributed by atoms with Gasteiger partial charge in [-0.05, 0) is 71.4 Å². The second kappa shape index (κ2) is 8.68. The van der Waals surface area contributed by atoms with E-state index in [0.717, 1.165) is 27.6 Å². The van der Waals surface area contributed by atoms with Crippen LogP contribution in [0.15, 0.2) is 140 Å². The molecular weight excluding hydrogens is 511 g/mol. The van der Waals surface area contributed by atoms with Gasteiger partial charge in [-0.25, -0.2) is 4.98 Å². The number of hydrogen-bond donors (Lipinski definition) is 1. The first kappa shape index (κ1) is 22.8. The highest BCUT2D eigenvalue weighted by Gasteiger charge is 2.42. The first-order chi connectivity index (χ1) is 19.2. The largest absolute Gasteiger partial charge is 0.292 e. The molecule has 0 saturated heterocycles. The third-order valence-electron chi connectivity index (χ3n) is 7.85. The SMILES string of the molecule is S[P+](c1ccccc1)(c1ccccc1)c1ccc2c(c1)c1c3ccccc3ccc1c1nc3ccccc3n21. The molecule has 0 N–H and O–H groups in total. The van der Waals surface area contributed by atoms with Crippen LogP contribution in [0.4, 0.5) is 0 Å². The van der Waals surface area contributed by atoms with Crippen molar-refractivity contribution in [1.82, 2.24) is 9.38 Å². The fraction of sp³-hybridized carbons (Fsp3) is 0. The highest BCUT2D eigenvalue weighted by Crippen LogP contribution is 2.60. The van der Waals surface area contributed by atoms with Crippen molar-refractivity contribution in [2.24, 2.45) is 0 Å². The Morgan fingerprint density at radius 1 is 0.513 bits per heavy atom. The van der Waals surface area contributed by atoms with Crippen LogP contribution in [-0.2, 0) is 0 Å². The van der Waals surface area contributed by atoms with Crippen molar-refractivity contribution in [2.75, 3.05) is 0 Å². The number of nitrogens with zero attached hydrogens (tertiary/aromatic N) is 2. The molecule has 8 aromatic rings. The van der Waals surface area contributed by atoms with E-state index < -0.39 is 6.46 Å². The van der Waals surface area contributed by atoms with E-state index in [0.29, 0.717) is 0 Å². The van der Waals surface area contributed by atoms with Gasteiger partial charge in [0.15, 0.2) is 6.46 Å². The molecule has 0 fully saturated rings. The summed E-state index contributed by atoms with van der Waals surface area (Å²) in [5.74, 6) is 0. The van der Waals surface area contributed by atoms with Crippen LogP contribution in [-0.4, -0.2) is 9.38 Å². The lowest BCUT2D eigenvalue weighted by atomic mass is 9.99. The van der Waals surface area contributed by atoms with Crippen LogP contribution in [0, 0.1) is 0 Å². The van der Waals surface area contributed by atoms with Gasteiger partial charge in [0.2, 0.25) is 0 Å². The molecule has 2 heterocycles. The molecule has 0 aliphatic rings. The van der Waals surface area contributed by atoms with Gasteiger partial charge in [-0.2, -0.15) is 0 Å². The maximum Gasteiger partial charge on any atom is 0.167 e. The van der Waals surface area contributed by atoms with E-state index in [9.17, 15) is 0 Å². The Bertz CT molecular complexity index is 2150. The monoisotopic (exact) mass is 535 g/mol. The number of rotatable bonds is 3. The zero-order chi connectivity index (χ0) is 26.0. The Balaban J connectivity index is 1.57. The summed E-state index contributed by atoms with van der Waals surface area (Å²) in [6.45, 7) is -2.19. The smallest absolute Gasteiger partial charge is 0.167 e. The number of aromatic nitrogens is 2. The van der Waals surface area contributed by atoms with Gasteiger partial charge in [-0.3, -0.25) is 4.40 Å². The average molecular weight is 536 g/mol. The molecule has 2 aromatic heterocycles. The van der Waals surface area contributed by atoms with Crippen LogP contribution in [0.5, 0.6) is 0 Å². The minimum atomic E-state index is -2.19. The van der Waals surface area contributed by atoms with Crippen LogP contribution in [0.3, 0.4) is 0 Å². The van der Waals surface area contributed by atoms with Crippen LogP contribution < -0.4 is 15.9 Å². The highest BCUT2D eigenvalue weighted by molar-refractivity contribution is 8.61. The molecule has 0 radical (unpaired) electrons. The van der Waals surface area contributed by atoms with Gasteiger partial charge in [0.25, 0.3) is 0 Å². The van der Waals surface area contributed by atoms with Crippen molar-refractivity contribution < 1.29 is 0 Å². The van der Waals surface area contributed by atoms with E-state index in [1.165, 1.54) is 37.5 Å². The van der Waals surface area contributed by atoms with Crippen LogP contribution in [0.2, 0.25) is 0 Å². The normalized spacial score (nSPS) is 12.2. The lowest BCUT2D eigenvalue weighted by Gasteiger charge is -2.22. The first-order valence-electron chi connectivity index (χ1n) is 13.1. The number of thiol groups is 1. The molecular formula is C35H24N2PS+. The Kier molecular flexibility index (Phi) is 5.07. The van der Waals surface area contributed by atoms with Crippen molar-refractivity contribution in [2.45, 2.75) is 0 Å². The molecule has 0 saturated carbocycles. The van der Waals surface area contributed by atoms with Gasteiger partial charge in [0.1, 0.15) is 21.6 Å². The molecule has 39 heavy (non-hydrogen) atoms. The molecule has 4 heteroatoms. The minimum absolute atomic E-state index is 0.996. The van der Waals surface area contributed by atoms with Crippen molar-refractivity contribution >= 4 is 83.8 Å². The van der Waals surface area contributed by atoms with Crippen LogP contribution >= 0.6 is 18.7 Å². The van der Waals surface area contributed by atoms with E-state index in [-0.39, 0.29) is 0 Å². The number of para-hydroxylation sites is 2. The van der Waals surface area contributed by atoms with Gasteiger partial charge in [-0.15, -0.1) is 0 Å². The Morgan fingerprint density at radius 3 is 1.95 bits per heavy atom. The fourth-order valence-corrected chi connectivity index (χ4v) is 9.93. The summed E-state index contributed by atoms with van der Waals surface area (Å²) >= 11 is 5.59. The second-order valence-corrected chi connectivity index (χ2v) is 14.6. The predicted molar refractivity (Wildman–Crippen MR) is 173 cm³/mol. The molecule has 0 amide bonds. The summed E-state index contributed by atoms with van der Waals surface area (Å²) in [6, 6.07) is 50.0. The second-order valence-electron chi connectivity index (χ2n) is 9.98. The molecule has 2 nitrogen and oxygen atoms in total. The molecule has 184 valence electrons. The number of pyridine rings is 1. The standard InChI is InChI=1S/C35H24N2PS/c39-38(25-12-3-1-4-13-25,26-14-5-2-6-15-26)27-20-22-32-30(23-27)34-28-16-8-7-11-24(28)19-21-29(34)35-36-31-17-9-10-18-33(31)37(32)35/h1-23,39H/q+1. The topological polar surface area (TPSA) is 17.3 Å². The van der Waals surface area contributed by atoms with Crippen molar-refractivity contribution in [3.8, 4) is 0 Å². The zero-order valence-electron chi connectivity index (χ0n) is 21.1. The molecule has 6 aromatic carbocycles. The maximum atomic E-state index is 5.59. The van der Waals surface area contributed by atoms with E-state index in [2.05, 4.69) is 144 Å². The van der Waals surface area contributed by atoms with Gasteiger partial charge < -0.3 is 0 Å².